The molecule has 1 aliphatic rings. The van der Waals surface area contributed by atoms with Crippen LogP contribution in [0.2, 0.25) is 0 Å². The van der Waals surface area contributed by atoms with Crippen LogP contribution in [0, 0.1) is 0 Å². The smallest absolute Gasteiger partial charge is 0.250 e. The molecule has 0 radical (unpaired) electrons. The highest BCUT2D eigenvalue weighted by Crippen LogP contribution is 2.20. The lowest BCUT2D eigenvalue weighted by molar-refractivity contribution is -0.130. The zero-order chi connectivity index (χ0) is 23.7. The Morgan fingerprint density at radius 2 is 1.94 bits per heavy atom. The van der Waals surface area contributed by atoms with Crippen molar-refractivity contribution in [1.29, 1.82) is 0 Å². The Bertz CT molecular complexity index is 885. The molecule has 1 unspecified atom stereocenters. The highest BCUT2D eigenvalue weighted by Gasteiger charge is 2.20. The van der Waals surface area contributed by atoms with Crippen LogP contribution in [-0.4, -0.2) is 68.5 Å². The molecule has 2 rings (SSSR count). The van der Waals surface area contributed by atoms with E-state index in [0.29, 0.717) is 18.7 Å². The lowest BCUT2D eigenvalue weighted by Crippen LogP contribution is -2.37. The molecule has 1 fully saturated rings. The lowest BCUT2D eigenvalue weighted by atomic mass is 10.0. The number of amides is 2. The maximum atomic E-state index is 12.2. The van der Waals surface area contributed by atoms with Crippen LogP contribution in [0.4, 0.5) is 0 Å². The Kier molecular flexibility index (Phi) is 10.2. The Morgan fingerprint density at radius 1 is 1.19 bits per heavy atom. The predicted molar refractivity (Wildman–Crippen MR) is 127 cm³/mol. The normalized spacial score (nSPS) is 16.2. The first kappa shape index (κ1) is 26.3. The Morgan fingerprint density at radius 3 is 2.59 bits per heavy atom. The van der Waals surface area contributed by atoms with Crippen LogP contribution in [0.1, 0.15) is 74.7 Å². The van der Waals surface area contributed by atoms with Gasteiger partial charge in [-0.05, 0) is 76.2 Å². The van der Waals surface area contributed by atoms with Crippen molar-refractivity contribution < 1.29 is 18.0 Å². The molecule has 0 saturated carbocycles. The molecule has 32 heavy (non-hydrogen) atoms. The van der Waals surface area contributed by atoms with E-state index in [1.807, 2.05) is 4.90 Å². The molecule has 1 aliphatic heterocycles. The van der Waals surface area contributed by atoms with Gasteiger partial charge >= 0.3 is 0 Å². The number of nitrogens with zero attached hydrogens (tertiary/aromatic N) is 2. The first-order valence-electron chi connectivity index (χ1n) is 11.8. The minimum Gasteiger partial charge on any atom is -0.366 e. The molecule has 2 N–H and O–H groups in total. The zero-order valence-corrected chi connectivity index (χ0v) is 20.6. The number of hydrogen-bond donors (Lipinski definition) is 1. The monoisotopic (exact) mass is 465 g/mol. The third kappa shape index (κ3) is 7.89. The number of benzene rings is 1. The average Bonchev–Trinajstić information content (AvgIpc) is 2.93. The first-order chi connectivity index (χ1) is 15.1. The van der Waals surface area contributed by atoms with Crippen LogP contribution in [0.15, 0.2) is 23.1 Å². The molecule has 0 aliphatic carbocycles. The van der Waals surface area contributed by atoms with E-state index >= 15 is 0 Å². The minimum atomic E-state index is -3.52. The number of nitrogens with two attached hydrogens (primary N) is 1. The Balaban J connectivity index is 1.96. The van der Waals surface area contributed by atoms with Crippen LogP contribution in [-0.2, 0) is 21.1 Å². The maximum Gasteiger partial charge on any atom is 0.250 e. The van der Waals surface area contributed by atoms with Gasteiger partial charge in [0, 0.05) is 31.8 Å². The third-order valence-corrected chi connectivity index (χ3v) is 7.32. The summed E-state index contributed by atoms with van der Waals surface area (Å²) < 4.78 is 23.9. The zero-order valence-electron chi connectivity index (χ0n) is 19.8. The standard InChI is InChI=1S/C24H39N3O4S/c1-4-13-26(14-8-9-16-27-15-7-5-6-10-23(27)28)19(2)17-20-11-12-22(32(3,30)31)21(18-20)24(25)29/h11-12,18-19H,4-10,13-17H2,1-3H3,(H2,25,29). The number of unbranched alkanes of at least 4 members (excludes halogenated alkanes) is 1. The van der Waals surface area contributed by atoms with Crippen LogP contribution >= 0.6 is 0 Å². The fourth-order valence-electron chi connectivity index (χ4n) is 4.42. The fraction of sp³-hybridized carbons (Fsp3) is 0.667. The summed E-state index contributed by atoms with van der Waals surface area (Å²) in [4.78, 5) is 28.4. The predicted octanol–water partition coefficient (Wildman–Crippen LogP) is 3.01. The van der Waals surface area contributed by atoms with Gasteiger partial charge in [0.2, 0.25) is 11.8 Å². The SMILES string of the molecule is CCCN(CCCCN1CCCCCC1=O)C(C)Cc1ccc(S(C)(=O)=O)c(C(N)=O)c1. The summed E-state index contributed by atoms with van der Waals surface area (Å²) in [5.74, 6) is -0.433. The van der Waals surface area contributed by atoms with Crippen molar-refractivity contribution in [2.75, 3.05) is 32.4 Å². The number of sulfone groups is 1. The van der Waals surface area contributed by atoms with Gasteiger partial charge in [0.25, 0.3) is 0 Å². The number of rotatable bonds is 12. The quantitative estimate of drug-likeness (QED) is 0.478. The van der Waals surface area contributed by atoms with Gasteiger partial charge in [-0.15, -0.1) is 0 Å². The summed E-state index contributed by atoms with van der Waals surface area (Å²) in [5.41, 5.74) is 6.39. The van der Waals surface area contributed by atoms with Crippen molar-refractivity contribution in [3.63, 3.8) is 0 Å². The molecule has 1 saturated heterocycles. The van der Waals surface area contributed by atoms with Crippen molar-refractivity contribution in [1.82, 2.24) is 9.80 Å². The highest BCUT2D eigenvalue weighted by atomic mass is 32.2. The van der Waals surface area contributed by atoms with Crippen molar-refractivity contribution in [2.45, 2.75) is 76.2 Å². The van der Waals surface area contributed by atoms with Gasteiger partial charge in [0.05, 0.1) is 10.5 Å². The van der Waals surface area contributed by atoms with Crippen molar-refractivity contribution in [3.05, 3.63) is 29.3 Å². The van der Waals surface area contributed by atoms with E-state index in [9.17, 15) is 18.0 Å². The number of carbonyl (C=O) groups is 2. The molecule has 2 amide bonds. The third-order valence-electron chi connectivity index (χ3n) is 6.17. The minimum absolute atomic E-state index is 0.0186. The molecule has 8 heteroatoms. The highest BCUT2D eigenvalue weighted by molar-refractivity contribution is 7.90. The molecule has 1 atom stereocenters. The molecule has 0 spiro atoms. The van der Waals surface area contributed by atoms with Gasteiger partial charge in [0.1, 0.15) is 0 Å². The first-order valence-corrected chi connectivity index (χ1v) is 13.7. The van der Waals surface area contributed by atoms with Gasteiger partial charge in [0.15, 0.2) is 9.84 Å². The van der Waals surface area contributed by atoms with Crippen LogP contribution < -0.4 is 5.73 Å². The second-order valence-electron chi connectivity index (χ2n) is 8.95. The lowest BCUT2D eigenvalue weighted by Gasteiger charge is -2.29. The Hall–Kier alpha value is -1.93. The second kappa shape index (κ2) is 12.3. The van der Waals surface area contributed by atoms with E-state index < -0.39 is 15.7 Å². The van der Waals surface area contributed by atoms with E-state index in [1.165, 1.54) is 6.07 Å². The van der Waals surface area contributed by atoms with Crippen LogP contribution in [0.25, 0.3) is 0 Å². The molecular formula is C24H39N3O4S. The van der Waals surface area contributed by atoms with Gasteiger partial charge in [-0.1, -0.05) is 19.4 Å². The van der Waals surface area contributed by atoms with E-state index in [2.05, 4.69) is 18.7 Å². The largest absolute Gasteiger partial charge is 0.366 e. The summed E-state index contributed by atoms with van der Waals surface area (Å²) in [7, 11) is -3.52. The van der Waals surface area contributed by atoms with Crippen molar-refractivity contribution >= 4 is 21.7 Å². The molecule has 1 aromatic rings. The summed E-state index contributed by atoms with van der Waals surface area (Å²) in [5, 5.41) is 0. The molecular weight excluding hydrogens is 426 g/mol. The molecule has 0 bridgehead atoms. The summed E-state index contributed by atoms with van der Waals surface area (Å²) in [6, 6.07) is 5.11. The molecule has 7 nitrogen and oxygen atoms in total. The number of carbonyl (C=O) groups excluding carboxylic acids is 2. The molecule has 1 aromatic carbocycles. The average molecular weight is 466 g/mol. The number of likely N-dealkylation sites (tertiary alicyclic amines) is 1. The number of primary amides is 1. The van der Waals surface area contributed by atoms with Crippen LogP contribution in [0.5, 0.6) is 0 Å². The van der Waals surface area contributed by atoms with Crippen LogP contribution in [0.3, 0.4) is 0 Å². The molecule has 1 heterocycles. The van der Waals surface area contributed by atoms with Crippen molar-refractivity contribution in [3.8, 4) is 0 Å². The summed E-state index contributed by atoms with van der Waals surface area (Å²) in [6.07, 6.45) is 8.79. The van der Waals surface area contributed by atoms with E-state index in [-0.39, 0.29) is 16.5 Å². The summed E-state index contributed by atoms with van der Waals surface area (Å²) >= 11 is 0. The van der Waals surface area contributed by atoms with E-state index in [1.54, 1.807) is 12.1 Å². The molecule has 180 valence electrons. The number of hydrogen-bond acceptors (Lipinski definition) is 5. The van der Waals surface area contributed by atoms with E-state index in [4.69, 9.17) is 5.73 Å². The Labute approximate surface area is 193 Å². The summed E-state index contributed by atoms with van der Waals surface area (Å²) in [6.45, 7) is 7.95. The van der Waals surface area contributed by atoms with Gasteiger partial charge in [-0.2, -0.15) is 0 Å². The van der Waals surface area contributed by atoms with Gasteiger partial charge in [-0.25, -0.2) is 8.42 Å². The van der Waals surface area contributed by atoms with Crippen molar-refractivity contribution in [2.24, 2.45) is 5.73 Å². The fourth-order valence-corrected chi connectivity index (χ4v) is 5.30. The van der Waals surface area contributed by atoms with Gasteiger partial charge in [-0.3, -0.25) is 9.59 Å². The van der Waals surface area contributed by atoms with E-state index in [0.717, 1.165) is 76.5 Å². The maximum absolute atomic E-state index is 12.2. The topological polar surface area (TPSA) is 101 Å². The second-order valence-corrected chi connectivity index (χ2v) is 10.9. The van der Waals surface area contributed by atoms with Gasteiger partial charge < -0.3 is 15.5 Å². The molecule has 0 aromatic heterocycles.